The molecule has 0 aromatic carbocycles. The summed E-state index contributed by atoms with van der Waals surface area (Å²) in [6.07, 6.45) is 1.04. The number of hydrogen-bond acceptors (Lipinski definition) is 6. The number of thiophene rings is 1. The highest BCUT2D eigenvalue weighted by Crippen LogP contribution is 2.41. The van der Waals surface area contributed by atoms with Gasteiger partial charge in [0.2, 0.25) is 0 Å². The van der Waals surface area contributed by atoms with E-state index in [4.69, 9.17) is 0 Å². The van der Waals surface area contributed by atoms with Crippen LogP contribution in [0, 0.1) is 13.8 Å². The maximum atomic E-state index is 4.66. The molecule has 0 spiro atoms. The van der Waals surface area contributed by atoms with Crippen LogP contribution in [-0.4, -0.2) is 28.9 Å². The Kier molecular flexibility index (Phi) is 2.23. The average Bonchev–Trinajstić information content (AvgIpc) is 2.77. The van der Waals surface area contributed by atoms with Gasteiger partial charge in [0.15, 0.2) is 5.84 Å². The van der Waals surface area contributed by atoms with E-state index in [1.54, 1.807) is 11.3 Å². The molecule has 0 aliphatic carbocycles. The largest absolute Gasteiger partial charge is 0.266 e. The van der Waals surface area contributed by atoms with Crippen molar-refractivity contribution in [1.29, 1.82) is 0 Å². The summed E-state index contributed by atoms with van der Waals surface area (Å²) in [5.74, 6) is 0.967. The van der Waals surface area contributed by atoms with Crippen molar-refractivity contribution in [3.05, 3.63) is 22.2 Å². The van der Waals surface area contributed by atoms with Gasteiger partial charge in [0.05, 0.1) is 0 Å². The van der Waals surface area contributed by atoms with Gasteiger partial charge in [-0.3, -0.25) is 4.99 Å². The summed E-state index contributed by atoms with van der Waals surface area (Å²) in [5, 5.41) is 11.7. The Morgan fingerprint density at radius 1 is 1.32 bits per heavy atom. The lowest BCUT2D eigenvalue weighted by Crippen LogP contribution is -2.32. The predicted octanol–water partition coefficient (Wildman–Crippen LogP) is 3.38. The van der Waals surface area contributed by atoms with E-state index in [9.17, 15) is 0 Å². The summed E-state index contributed by atoms with van der Waals surface area (Å²) in [7, 11) is 0. The topological polar surface area (TPSA) is 53.2 Å². The van der Waals surface area contributed by atoms with Crippen molar-refractivity contribution in [3.63, 3.8) is 0 Å². The number of hydrogen-bond donors (Lipinski definition) is 0. The van der Waals surface area contributed by atoms with Gasteiger partial charge in [0.25, 0.3) is 0 Å². The standard InChI is InChI=1S/C13H13N5S/c1-7-6-9-10-11(19-13(9)15-8(7)2)12-14-4-3-5-18(12)17-16-10/h6H,3-5H2,1-2H3. The van der Waals surface area contributed by atoms with Crippen molar-refractivity contribution < 1.29 is 0 Å². The maximum absolute atomic E-state index is 4.66. The summed E-state index contributed by atoms with van der Waals surface area (Å²) < 4.78 is 0. The molecule has 0 atom stereocenters. The minimum atomic E-state index is 0.876. The van der Waals surface area contributed by atoms with E-state index >= 15 is 0 Å². The third-order valence-corrected chi connectivity index (χ3v) is 4.67. The number of fused-ring (bicyclic) bond motifs is 5. The molecular weight excluding hydrogens is 258 g/mol. The number of amidine groups is 1. The van der Waals surface area contributed by atoms with E-state index in [2.05, 4.69) is 33.3 Å². The molecule has 4 rings (SSSR count). The van der Waals surface area contributed by atoms with Crippen LogP contribution >= 0.6 is 11.3 Å². The zero-order valence-electron chi connectivity index (χ0n) is 10.8. The molecule has 0 saturated heterocycles. The van der Waals surface area contributed by atoms with E-state index in [1.807, 2.05) is 11.9 Å². The Hall–Kier alpha value is -1.82. The number of rotatable bonds is 0. The highest BCUT2D eigenvalue weighted by atomic mass is 32.1. The second-order valence-corrected chi connectivity index (χ2v) is 5.89. The molecule has 2 aliphatic rings. The molecule has 0 amide bonds. The molecule has 5 nitrogen and oxygen atoms in total. The zero-order chi connectivity index (χ0) is 13.0. The lowest BCUT2D eigenvalue weighted by Gasteiger charge is -2.25. The Balaban J connectivity index is 2.02. The quantitative estimate of drug-likeness (QED) is 0.737. The Bertz CT molecular complexity index is 743. The van der Waals surface area contributed by atoms with Crippen molar-refractivity contribution in [1.82, 2.24) is 9.99 Å². The first kappa shape index (κ1) is 11.0. The first-order valence-corrected chi connectivity index (χ1v) is 7.20. The van der Waals surface area contributed by atoms with Crippen molar-refractivity contribution in [2.24, 2.45) is 15.3 Å². The lowest BCUT2D eigenvalue weighted by molar-refractivity contribution is 0.390. The molecule has 0 N–H and O–H groups in total. The van der Waals surface area contributed by atoms with Gasteiger partial charge in [0, 0.05) is 24.2 Å². The Labute approximate surface area is 114 Å². The molecule has 2 aromatic rings. The molecule has 0 saturated carbocycles. The monoisotopic (exact) mass is 271 g/mol. The molecule has 96 valence electrons. The zero-order valence-corrected chi connectivity index (χ0v) is 11.7. The Morgan fingerprint density at radius 2 is 2.21 bits per heavy atom. The van der Waals surface area contributed by atoms with Gasteiger partial charge in [-0.25, -0.2) is 9.99 Å². The number of pyridine rings is 1. The van der Waals surface area contributed by atoms with Crippen LogP contribution < -0.4 is 0 Å². The summed E-state index contributed by atoms with van der Waals surface area (Å²) in [4.78, 5) is 11.4. The predicted molar refractivity (Wildman–Crippen MR) is 76.3 cm³/mol. The lowest BCUT2D eigenvalue weighted by atomic mass is 10.1. The van der Waals surface area contributed by atoms with Gasteiger partial charge < -0.3 is 0 Å². The van der Waals surface area contributed by atoms with Gasteiger partial charge in [-0.1, -0.05) is 5.22 Å². The third kappa shape index (κ3) is 1.53. The van der Waals surface area contributed by atoms with E-state index in [-0.39, 0.29) is 0 Å². The number of aryl methyl sites for hydroxylation is 2. The van der Waals surface area contributed by atoms with Crippen LogP contribution in [0.15, 0.2) is 21.4 Å². The van der Waals surface area contributed by atoms with Crippen molar-refractivity contribution in [2.45, 2.75) is 20.3 Å². The molecule has 6 heteroatoms. The van der Waals surface area contributed by atoms with Crippen LogP contribution in [-0.2, 0) is 0 Å². The normalized spacial score (nSPS) is 17.4. The summed E-state index contributed by atoms with van der Waals surface area (Å²) in [5.41, 5.74) is 3.20. The van der Waals surface area contributed by atoms with Gasteiger partial charge in [-0.15, -0.1) is 16.5 Å². The van der Waals surface area contributed by atoms with Crippen LogP contribution in [0.1, 0.15) is 22.6 Å². The highest BCUT2D eigenvalue weighted by molar-refractivity contribution is 7.21. The first-order chi connectivity index (χ1) is 9.24. The minimum absolute atomic E-state index is 0.876. The fourth-order valence-corrected chi connectivity index (χ4v) is 3.57. The number of nitrogens with zero attached hydrogens (tertiary/aromatic N) is 5. The van der Waals surface area contributed by atoms with Crippen LogP contribution in [0.3, 0.4) is 0 Å². The summed E-state index contributed by atoms with van der Waals surface area (Å²) in [6, 6.07) is 2.16. The molecule has 2 aromatic heterocycles. The molecule has 4 heterocycles. The van der Waals surface area contributed by atoms with E-state index < -0.39 is 0 Å². The highest BCUT2D eigenvalue weighted by Gasteiger charge is 2.27. The fourth-order valence-electron chi connectivity index (χ4n) is 2.42. The summed E-state index contributed by atoms with van der Waals surface area (Å²) >= 11 is 1.67. The molecule has 0 bridgehead atoms. The summed E-state index contributed by atoms with van der Waals surface area (Å²) in [6.45, 7) is 5.90. The molecule has 2 aliphatic heterocycles. The second-order valence-electron chi connectivity index (χ2n) is 4.89. The van der Waals surface area contributed by atoms with Gasteiger partial charge >= 0.3 is 0 Å². The number of aromatic nitrogens is 1. The first-order valence-electron chi connectivity index (χ1n) is 6.39. The SMILES string of the molecule is Cc1cc2c3c(sc2nc1C)C1=NCCCN1N=N3. The second kappa shape index (κ2) is 3.84. The number of aliphatic imine (C=N–C) groups is 1. The molecule has 0 radical (unpaired) electrons. The van der Waals surface area contributed by atoms with Crippen molar-refractivity contribution in [2.75, 3.05) is 13.1 Å². The van der Waals surface area contributed by atoms with Crippen LogP contribution in [0.4, 0.5) is 5.69 Å². The fraction of sp³-hybridized carbons (Fsp3) is 0.385. The molecule has 19 heavy (non-hydrogen) atoms. The molecule has 0 fully saturated rings. The average molecular weight is 271 g/mol. The smallest absolute Gasteiger partial charge is 0.165 e. The minimum Gasteiger partial charge on any atom is -0.266 e. The van der Waals surface area contributed by atoms with Crippen molar-refractivity contribution >= 4 is 33.1 Å². The van der Waals surface area contributed by atoms with E-state index in [0.29, 0.717) is 0 Å². The molecule has 0 unspecified atom stereocenters. The van der Waals surface area contributed by atoms with Crippen LogP contribution in [0.2, 0.25) is 0 Å². The molecular formula is C13H13N5S. The van der Waals surface area contributed by atoms with Gasteiger partial charge in [-0.2, -0.15) is 0 Å². The van der Waals surface area contributed by atoms with Gasteiger partial charge in [-0.05, 0) is 31.9 Å². The van der Waals surface area contributed by atoms with Crippen LogP contribution in [0.25, 0.3) is 10.2 Å². The van der Waals surface area contributed by atoms with Crippen LogP contribution in [0.5, 0.6) is 0 Å². The third-order valence-electron chi connectivity index (χ3n) is 3.59. The van der Waals surface area contributed by atoms with Crippen molar-refractivity contribution in [3.8, 4) is 0 Å². The maximum Gasteiger partial charge on any atom is 0.165 e. The Morgan fingerprint density at radius 3 is 3.11 bits per heavy atom. The van der Waals surface area contributed by atoms with Gasteiger partial charge in [0.1, 0.15) is 15.4 Å². The van der Waals surface area contributed by atoms with E-state index in [0.717, 1.165) is 51.8 Å². The van der Waals surface area contributed by atoms with E-state index in [1.165, 1.54) is 5.56 Å².